The van der Waals surface area contributed by atoms with E-state index in [4.69, 9.17) is 5.73 Å². The van der Waals surface area contributed by atoms with Crippen molar-refractivity contribution in [1.82, 2.24) is 4.90 Å². The molecule has 3 heteroatoms. The molecule has 1 amide bonds. The van der Waals surface area contributed by atoms with Crippen molar-refractivity contribution in [2.75, 3.05) is 6.54 Å². The molecule has 3 rings (SSSR count). The Morgan fingerprint density at radius 3 is 2.47 bits per heavy atom. The topological polar surface area (TPSA) is 46.3 Å². The molecule has 3 saturated carbocycles. The van der Waals surface area contributed by atoms with Crippen molar-refractivity contribution in [1.29, 1.82) is 0 Å². The zero-order chi connectivity index (χ0) is 12.0. The van der Waals surface area contributed by atoms with Crippen molar-refractivity contribution in [3.8, 4) is 0 Å². The highest BCUT2D eigenvalue weighted by molar-refractivity contribution is 5.81. The molecule has 2 N–H and O–H groups in total. The Kier molecular flexibility index (Phi) is 2.89. The summed E-state index contributed by atoms with van der Waals surface area (Å²) in [5.41, 5.74) is 6.27. The third-order valence-corrected chi connectivity index (χ3v) is 5.00. The molecule has 0 radical (unpaired) electrons. The normalized spacial score (nSPS) is 39.6. The van der Waals surface area contributed by atoms with Crippen LogP contribution in [-0.4, -0.2) is 29.4 Å². The molecule has 3 nitrogen and oxygen atoms in total. The van der Waals surface area contributed by atoms with Crippen molar-refractivity contribution < 1.29 is 4.79 Å². The minimum absolute atomic E-state index is 0.152. The molecule has 3 aliphatic rings. The highest BCUT2D eigenvalue weighted by Crippen LogP contribution is 2.48. The van der Waals surface area contributed by atoms with Crippen molar-refractivity contribution in [2.45, 2.75) is 57.5 Å². The highest BCUT2D eigenvalue weighted by Gasteiger charge is 2.51. The Labute approximate surface area is 104 Å². The molecular formula is C14H24N2O. The van der Waals surface area contributed by atoms with Crippen LogP contribution in [0.5, 0.6) is 0 Å². The smallest absolute Gasteiger partial charge is 0.227 e. The van der Waals surface area contributed by atoms with Crippen molar-refractivity contribution in [3.63, 3.8) is 0 Å². The van der Waals surface area contributed by atoms with E-state index in [1.54, 1.807) is 0 Å². The van der Waals surface area contributed by atoms with Crippen LogP contribution in [0, 0.1) is 17.8 Å². The molecule has 0 heterocycles. The molecule has 0 spiro atoms. The first kappa shape index (κ1) is 11.5. The Bertz CT molecular complexity index is 311. The first-order valence-electron chi connectivity index (χ1n) is 7.28. The second kappa shape index (κ2) is 4.27. The van der Waals surface area contributed by atoms with Crippen LogP contribution in [0.3, 0.4) is 0 Å². The van der Waals surface area contributed by atoms with Gasteiger partial charge in [0.05, 0.1) is 5.92 Å². The number of nitrogens with two attached hydrogens (primary N) is 1. The predicted molar refractivity (Wildman–Crippen MR) is 67.3 cm³/mol. The molecule has 4 unspecified atom stereocenters. The fourth-order valence-electron chi connectivity index (χ4n) is 3.99. The van der Waals surface area contributed by atoms with Gasteiger partial charge < -0.3 is 10.6 Å². The van der Waals surface area contributed by atoms with Crippen molar-refractivity contribution in [3.05, 3.63) is 0 Å². The molecule has 3 aliphatic carbocycles. The number of carbonyl (C=O) groups excluding carboxylic acids is 1. The first-order chi connectivity index (χ1) is 8.22. The molecular weight excluding hydrogens is 212 g/mol. The monoisotopic (exact) mass is 236 g/mol. The number of nitrogens with zero attached hydrogens (tertiary/aromatic N) is 1. The van der Waals surface area contributed by atoms with Crippen LogP contribution >= 0.6 is 0 Å². The average molecular weight is 236 g/mol. The Hall–Kier alpha value is -0.570. The van der Waals surface area contributed by atoms with E-state index in [1.807, 2.05) is 0 Å². The van der Waals surface area contributed by atoms with Crippen LogP contribution in [0.1, 0.15) is 45.4 Å². The van der Waals surface area contributed by atoms with E-state index in [-0.39, 0.29) is 12.0 Å². The summed E-state index contributed by atoms with van der Waals surface area (Å²) in [5.74, 6) is 1.77. The van der Waals surface area contributed by atoms with Gasteiger partial charge in [0.25, 0.3) is 0 Å². The summed E-state index contributed by atoms with van der Waals surface area (Å²) >= 11 is 0. The third kappa shape index (κ3) is 1.88. The summed E-state index contributed by atoms with van der Waals surface area (Å²) in [5, 5.41) is 0. The molecule has 96 valence electrons. The van der Waals surface area contributed by atoms with Crippen LogP contribution in [0.2, 0.25) is 0 Å². The molecule has 0 saturated heterocycles. The fourth-order valence-corrected chi connectivity index (χ4v) is 3.99. The van der Waals surface area contributed by atoms with E-state index in [1.165, 1.54) is 32.1 Å². The number of carbonyl (C=O) groups is 1. The number of rotatable bonds is 4. The van der Waals surface area contributed by atoms with Gasteiger partial charge in [-0.15, -0.1) is 0 Å². The van der Waals surface area contributed by atoms with Gasteiger partial charge in [-0.25, -0.2) is 0 Å². The number of hydrogen-bond acceptors (Lipinski definition) is 2. The molecule has 0 aromatic rings. The van der Waals surface area contributed by atoms with Crippen LogP contribution in [-0.2, 0) is 4.79 Å². The highest BCUT2D eigenvalue weighted by atomic mass is 16.2. The molecule has 0 aromatic carbocycles. The van der Waals surface area contributed by atoms with E-state index in [2.05, 4.69) is 11.8 Å². The minimum atomic E-state index is 0.152. The number of amides is 1. The SMILES string of the molecule is CCCN(C(=O)C1C2CCC(C2)C1N)C1CC1. The zero-order valence-corrected chi connectivity index (χ0v) is 10.8. The van der Waals surface area contributed by atoms with Gasteiger partial charge in [0, 0.05) is 18.6 Å². The summed E-state index contributed by atoms with van der Waals surface area (Å²) < 4.78 is 0. The lowest BCUT2D eigenvalue weighted by atomic mass is 9.84. The molecule has 3 fully saturated rings. The standard InChI is InChI=1S/C14H24N2O/c1-2-7-16(11-5-6-11)14(17)12-9-3-4-10(8-9)13(12)15/h9-13H,2-8,15H2,1H3. The second-order valence-corrected chi connectivity index (χ2v) is 6.20. The summed E-state index contributed by atoms with van der Waals surface area (Å²) in [6, 6.07) is 0.702. The van der Waals surface area contributed by atoms with Gasteiger partial charge in [0.1, 0.15) is 0 Å². The summed E-state index contributed by atoms with van der Waals surface area (Å²) in [7, 11) is 0. The lowest BCUT2D eigenvalue weighted by molar-refractivity contribution is -0.138. The maximum absolute atomic E-state index is 12.7. The van der Waals surface area contributed by atoms with Gasteiger partial charge in [-0.3, -0.25) is 4.79 Å². The van der Waals surface area contributed by atoms with E-state index in [0.717, 1.165) is 13.0 Å². The minimum Gasteiger partial charge on any atom is -0.339 e. The van der Waals surface area contributed by atoms with Gasteiger partial charge in [0.2, 0.25) is 5.91 Å². The molecule has 0 aromatic heterocycles. The molecule has 0 aliphatic heterocycles. The summed E-state index contributed by atoms with van der Waals surface area (Å²) in [4.78, 5) is 14.8. The lowest BCUT2D eigenvalue weighted by Crippen LogP contribution is -2.48. The van der Waals surface area contributed by atoms with Crippen LogP contribution in [0.15, 0.2) is 0 Å². The molecule has 2 bridgehead atoms. The van der Waals surface area contributed by atoms with Crippen LogP contribution in [0.25, 0.3) is 0 Å². The average Bonchev–Trinajstić information content (AvgIpc) is 2.97. The third-order valence-electron chi connectivity index (χ3n) is 5.00. The van der Waals surface area contributed by atoms with E-state index in [9.17, 15) is 4.79 Å². The molecule has 17 heavy (non-hydrogen) atoms. The lowest BCUT2D eigenvalue weighted by Gasteiger charge is -2.32. The molecule has 4 atom stereocenters. The zero-order valence-electron chi connectivity index (χ0n) is 10.8. The van der Waals surface area contributed by atoms with E-state index < -0.39 is 0 Å². The Morgan fingerprint density at radius 1 is 1.24 bits per heavy atom. The summed E-state index contributed by atoms with van der Waals surface area (Å²) in [6.07, 6.45) is 7.19. The van der Waals surface area contributed by atoms with Gasteiger partial charge in [-0.1, -0.05) is 6.92 Å². The number of hydrogen-bond donors (Lipinski definition) is 1. The second-order valence-electron chi connectivity index (χ2n) is 6.20. The fraction of sp³-hybridized carbons (Fsp3) is 0.929. The van der Waals surface area contributed by atoms with Crippen LogP contribution < -0.4 is 5.73 Å². The quantitative estimate of drug-likeness (QED) is 0.808. The van der Waals surface area contributed by atoms with Gasteiger partial charge in [-0.2, -0.15) is 0 Å². The first-order valence-corrected chi connectivity index (χ1v) is 7.28. The number of fused-ring (bicyclic) bond motifs is 2. The van der Waals surface area contributed by atoms with Crippen molar-refractivity contribution >= 4 is 5.91 Å². The maximum Gasteiger partial charge on any atom is 0.227 e. The van der Waals surface area contributed by atoms with Crippen molar-refractivity contribution in [2.24, 2.45) is 23.5 Å². The van der Waals surface area contributed by atoms with Gasteiger partial charge in [0.15, 0.2) is 0 Å². The van der Waals surface area contributed by atoms with E-state index in [0.29, 0.717) is 23.8 Å². The van der Waals surface area contributed by atoms with E-state index >= 15 is 0 Å². The largest absolute Gasteiger partial charge is 0.339 e. The van der Waals surface area contributed by atoms with Crippen LogP contribution in [0.4, 0.5) is 0 Å². The predicted octanol–water partition coefficient (Wildman–Crippen LogP) is 1.76. The Balaban J connectivity index is 1.72. The maximum atomic E-state index is 12.7. The summed E-state index contributed by atoms with van der Waals surface area (Å²) in [6.45, 7) is 3.09. The Morgan fingerprint density at radius 2 is 1.94 bits per heavy atom. The van der Waals surface area contributed by atoms with Gasteiger partial charge >= 0.3 is 0 Å². The van der Waals surface area contributed by atoms with Gasteiger partial charge in [-0.05, 0) is 50.4 Å².